The standard InChI is InChI=1S/C22H14F4N2O2S/c23-16-6-4-14(5-7-16)18-8-9-19(30-18)20(29)28-21-27-12-17(31-21)11-13-2-1-3-15(10-13)22(24,25)26/h1-10,12H,11H2,(H,27,28,29). The maximum absolute atomic E-state index is 13.0. The number of carbonyl (C=O) groups excluding carboxylic acids is 1. The SMILES string of the molecule is O=C(Nc1ncc(Cc2cccc(C(F)(F)F)c2)s1)c1ccc(-c2ccc(F)cc2)o1. The Morgan fingerprint density at radius 3 is 2.58 bits per heavy atom. The maximum Gasteiger partial charge on any atom is 0.416 e. The van der Waals surface area contributed by atoms with E-state index < -0.39 is 17.6 Å². The number of benzene rings is 2. The van der Waals surface area contributed by atoms with Gasteiger partial charge in [-0.25, -0.2) is 9.37 Å². The van der Waals surface area contributed by atoms with Crippen LogP contribution in [0.25, 0.3) is 11.3 Å². The highest BCUT2D eigenvalue weighted by Crippen LogP contribution is 2.31. The topological polar surface area (TPSA) is 55.1 Å². The fraction of sp³-hybridized carbons (Fsp3) is 0.0909. The highest BCUT2D eigenvalue weighted by Gasteiger charge is 2.30. The summed E-state index contributed by atoms with van der Waals surface area (Å²) in [5, 5.41) is 2.91. The molecule has 2 heterocycles. The van der Waals surface area contributed by atoms with Crippen molar-refractivity contribution < 1.29 is 26.8 Å². The van der Waals surface area contributed by atoms with E-state index in [2.05, 4.69) is 10.3 Å². The largest absolute Gasteiger partial charge is 0.451 e. The molecular weight excluding hydrogens is 432 g/mol. The van der Waals surface area contributed by atoms with Gasteiger partial charge in [-0.3, -0.25) is 10.1 Å². The number of aromatic nitrogens is 1. The van der Waals surface area contributed by atoms with E-state index in [-0.39, 0.29) is 18.0 Å². The predicted octanol–water partition coefficient (Wildman–Crippen LogP) is 6.40. The Labute approximate surface area is 178 Å². The molecule has 0 fully saturated rings. The van der Waals surface area contributed by atoms with Crippen LogP contribution in [-0.2, 0) is 12.6 Å². The van der Waals surface area contributed by atoms with Crippen molar-refractivity contribution in [1.82, 2.24) is 4.98 Å². The van der Waals surface area contributed by atoms with E-state index in [1.807, 2.05) is 0 Å². The van der Waals surface area contributed by atoms with Crippen LogP contribution in [0.4, 0.5) is 22.7 Å². The molecule has 0 aliphatic heterocycles. The Morgan fingerprint density at radius 1 is 1.06 bits per heavy atom. The molecule has 0 aliphatic rings. The van der Waals surface area contributed by atoms with E-state index in [9.17, 15) is 22.4 Å². The van der Waals surface area contributed by atoms with Crippen molar-refractivity contribution in [2.45, 2.75) is 12.6 Å². The Hall–Kier alpha value is -3.46. The lowest BCUT2D eigenvalue weighted by molar-refractivity contribution is -0.137. The van der Waals surface area contributed by atoms with Gasteiger partial charge < -0.3 is 4.42 Å². The van der Waals surface area contributed by atoms with E-state index in [1.165, 1.54) is 42.6 Å². The fourth-order valence-corrected chi connectivity index (χ4v) is 3.74. The van der Waals surface area contributed by atoms with Crippen LogP contribution in [0.5, 0.6) is 0 Å². The zero-order chi connectivity index (χ0) is 22.0. The highest BCUT2D eigenvalue weighted by molar-refractivity contribution is 7.15. The lowest BCUT2D eigenvalue weighted by Crippen LogP contribution is -2.10. The molecule has 2 aromatic carbocycles. The molecule has 2 aromatic heterocycles. The van der Waals surface area contributed by atoms with Crippen molar-refractivity contribution in [2.24, 2.45) is 0 Å². The lowest BCUT2D eigenvalue weighted by Gasteiger charge is -2.07. The average molecular weight is 446 g/mol. The Balaban J connectivity index is 1.42. The number of nitrogens with zero attached hydrogens (tertiary/aromatic N) is 1. The van der Waals surface area contributed by atoms with Crippen LogP contribution in [0.2, 0.25) is 0 Å². The molecule has 0 spiro atoms. The number of hydrogen-bond donors (Lipinski definition) is 1. The molecule has 0 unspecified atom stereocenters. The Kier molecular flexibility index (Phi) is 5.60. The summed E-state index contributed by atoms with van der Waals surface area (Å²) >= 11 is 1.16. The van der Waals surface area contributed by atoms with Crippen LogP contribution in [0.15, 0.2) is 71.3 Å². The molecule has 31 heavy (non-hydrogen) atoms. The van der Waals surface area contributed by atoms with Gasteiger partial charge in [0.15, 0.2) is 10.9 Å². The number of hydrogen-bond acceptors (Lipinski definition) is 4. The lowest BCUT2D eigenvalue weighted by atomic mass is 10.1. The number of furan rings is 1. The zero-order valence-corrected chi connectivity index (χ0v) is 16.6. The number of thiazole rings is 1. The predicted molar refractivity (Wildman–Crippen MR) is 108 cm³/mol. The van der Waals surface area contributed by atoms with E-state index in [0.717, 1.165) is 23.5 Å². The third-order valence-corrected chi connectivity index (χ3v) is 5.28. The van der Waals surface area contributed by atoms with Crippen LogP contribution >= 0.6 is 11.3 Å². The zero-order valence-electron chi connectivity index (χ0n) is 15.7. The molecule has 0 atom stereocenters. The van der Waals surface area contributed by atoms with Crippen LogP contribution in [-0.4, -0.2) is 10.9 Å². The van der Waals surface area contributed by atoms with Gasteiger partial charge >= 0.3 is 6.18 Å². The van der Waals surface area contributed by atoms with Gasteiger partial charge in [-0.05, 0) is 48.0 Å². The minimum atomic E-state index is -4.40. The van der Waals surface area contributed by atoms with Gasteiger partial charge in [-0.2, -0.15) is 13.2 Å². The van der Waals surface area contributed by atoms with Gasteiger partial charge in [0.2, 0.25) is 0 Å². The van der Waals surface area contributed by atoms with Crippen LogP contribution < -0.4 is 5.32 Å². The van der Waals surface area contributed by atoms with Crippen molar-refractivity contribution in [1.29, 1.82) is 0 Å². The van der Waals surface area contributed by atoms with Gasteiger partial charge in [0, 0.05) is 23.1 Å². The molecular formula is C22H14F4N2O2S. The van der Waals surface area contributed by atoms with Gasteiger partial charge in [-0.1, -0.05) is 18.2 Å². The minimum absolute atomic E-state index is 0.0500. The first-order valence-corrected chi connectivity index (χ1v) is 9.87. The molecule has 0 saturated heterocycles. The second kappa shape index (κ2) is 8.35. The average Bonchev–Trinajstić information content (AvgIpc) is 3.38. The van der Waals surface area contributed by atoms with E-state index in [1.54, 1.807) is 12.1 Å². The number of anilines is 1. The fourth-order valence-electron chi connectivity index (χ4n) is 2.89. The van der Waals surface area contributed by atoms with Crippen molar-refractivity contribution in [2.75, 3.05) is 5.32 Å². The third kappa shape index (κ3) is 5.00. The molecule has 1 N–H and O–H groups in total. The normalized spacial score (nSPS) is 11.5. The molecule has 4 aromatic rings. The first-order chi connectivity index (χ1) is 14.8. The first kappa shape index (κ1) is 20.8. The summed E-state index contributed by atoms with van der Waals surface area (Å²) in [6.45, 7) is 0. The molecule has 0 aliphatic carbocycles. The van der Waals surface area contributed by atoms with E-state index in [0.29, 0.717) is 26.9 Å². The monoisotopic (exact) mass is 446 g/mol. The van der Waals surface area contributed by atoms with Crippen molar-refractivity contribution >= 4 is 22.4 Å². The van der Waals surface area contributed by atoms with Crippen molar-refractivity contribution in [3.8, 4) is 11.3 Å². The van der Waals surface area contributed by atoms with Crippen LogP contribution in [0.3, 0.4) is 0 Å². The Morgan fingerprint density at radius 2 is 1.84 bits per heavy atom. The number of rotatable bonds is 5. The molecule has 158 valence electrons. The van der Waals surface area contributed by atoms with Gasteiger partial charge in [-0.15, -0.1) is 11.3 Å². The summed E-state index contributed by atoms with van der Waals surface area (Å²) in [5.74, 6) is -0.435. The second-order valence-corrected chi connectivity index (χ2v) is 7.75. The number of amides is 1. The van der Waals surface area contributed by atoms with Crippen LogP contribution in [0.1, 0.15) is 26.6 Å². The van der Waals surface area contributed by atoms with E-state index in [4.69, 9.17) is 4.42 Å². The van der Waals surface area contributed by atoms with Crippen molar-refractivity contribution in [3.05, 3.63) is 94.4 Å². The highest BCUT2D eigenvalue weighted by atomic mass is 32.1. The molecule has 0 bridgehead atoms. The molecule has 4 rings (SSSR count). The first-order valence-electron chi connectivity index (χ1n) is 9.06. The summed E-state index contributed by atoms with van der Waals surface area (Å²) in [6, 6.07) is 13.8. The molecule has 0 radical (unpaired) electrons. The molecule has 0 saturated carbocycles. The summed E-state index contributed by atoms with van der Waals surface area (Å²) in [5.41, 5.74) is 0.405. The smallest absolute Gasteiger partial charge is 0.416 e. The van der Waals surface area contributed by atoms with Crippen molar-refractivity contribution in [3.63, 3.8) is 0 Å². The maximum atomic E-state index is 13.0. The summed E-state index contributed by atoms with van der Waals surface area (Å²) < 4.78 is 57.1. The summed E-state index contributed by atoms with van der Waals surface area (Å²) in [6.07, 6.45) is -2.64. The van der Waals surface area contributed by atoms with E-state index >= 15 is 0 Å². The quantitative estimate of drug-likeness (QED) is 0.361. The number of nitrogens with one attached hydrogen (secondary N) is 1. The van der Waals surface area contributed by atoms with Crippen LogP contribution in [0, 0.1) is 5.82 Å². The summed E-state index contributed by atoms with van der Waals surface area (Å²) in [4.78, 5) is 17.2. The third-order valence-electron chi connectivity index (χ3n) is 4.37. The summed E-state index contributed by atoms with van der Waals surface area (Å²) in [7, 11) is 0. The van der Waals surface area contributed by atoms with Gasteiger partial charge in [0.1, 0.15) is 11.6 Å². The number of halogens is 4. The number of alkyl halides is 3. The molecule has 4 nitrogen and oxygen atoms in total. The number of carbonyl (C=O) groups is 1. The Bertz CT molecular complexity index is 1210. The van der Waals surface area contributed by atoms with Gasteiger partial charge in [0.05, 0.1) is 5.56 Å². The van der Waals surface area contributed by atoms with Gasteiger partial charge in [0.25, 0.3) is 5.91 Å². The second-order valence-electron chi connectivity index (χ2n) is 6.63. The minimum Gasteiger partial charge on any atom is -0.451 e. The molecule has 9 heteroatoms. The molecule has 1 amide bonds.